The fraction of sp³-hybridized carbons (Fsp3) is 0.520. The van der Waals surface area contributed by atoms with Gasteiger partial charge in [-0.05, 0) is 76.9 Å². The monoisotopic (exact) mass is 459 g/mol. The number of nitrogens with zero attached hydrogens (tertiary/aromatic N) is 2. The zero-order chi connectivity index (χ0) is 23.1. The molecule has 2 aromatic rings. The molecule has 0 radical (unpaired) electrons. The molecule has 1 aromatic heterocycles. The molecule has 32 heavy (non-hydrogen) atoms. The highest BCUT2D eigenvalue weighted by Crippen LogP contribution is 2.39. The van der Waals surface area contributed by atoms with E-state index in [-0.39, 0.29) is 17.9 Å². The van der Waals surface area contributed by atoms with Gasteiger partial charge < -0.3 is 19.3 Å². The maximum absolute atomic E-state index is 6.38. The molecule has 0 fully saturated rings. The normalized spacial score (nSPS) is 18.5. The summed E-state index contributed by atoms with van der Waals surface area (Å²) in [6, 6.07) is 5.52. The van der Waals surface area contributed by atoms with Crippen LogP contribution < -0.4 is 10.1 Å². The third-order valence-electron chi connectivity index (χ3n) is 5.63. The van der Waals surface area contributed by atoms with Crippen LogP contribution in [0.4, 0.5) is 0 Å². The lowest BCUT2D eigenvalue weighted by Gasteiger charge is -2.29. The SMILES string of the molecule is CCC1C(c2noc(-c3ccc(OC(C)C)c(Cl)c3)n2)=CC=C(OCCCCNC)C1C. The molecule has 1 N–H and O–H groups in total. The lowest BCUT2D eigenvalue weighted by Crippen LogP contribution is -2.20. The van der Waals surface area contributed by atoms with Crippen molar-refractivity contribution in [1.29, 1.82) is 0 Å². The highest BCUT2D eigenvalue weighted by molar-refractivity contribution is 6.32. The molecule has 0 amide bonds. The second-order valence-electron chi connectivity index (χ2n) is 8.39. The Labute approximate surface area is 196 Å². The smallest absolute Gasteiger partial charge is 0.258 e. The zero-order valence-electron chi connectivity index (χ0n) is 19.7. The van der Waals surface area contributed by atoms with Crippen LogP contribution in [-0.2, 0) is 4.74 Å². The van der Waals surface area contributed by atoms with E-state index in [4.69, 9.17) is 25.6 Å². The molecule has 2 unspecified atom stereocenters. The Morgan fingerprint density at radius 2 is 2.03 bits per heavy atom. The van der Waals surface area contributed by atoms with E-state index in [1.165, 1.54) is 0 Å². The number of allylic oxidation sites excluding steroid dienone is 4. The molecular formula is C25H34ClN3O3. The molecule has 7 heteroatoms. The fourth-order valence-electron chi connectivity index (χ4n) is 3.94. The Bertz CT molecular complexity index is 952. The minimum absolute atomic E-state index is 0.0508. The molecular weight excluding hydrogens is 426 g/mol. The van der Waals surface area contributed by atoms with E-state index in [0.717, 1.165) is 49.3 Å². The molecule has 1 heterocycles. The molecule has 0 aliphatic heterocycles. The van der Waals surface area contributed by atoms with Gasteiger partial charge in [-0.2, -0.15) is 4.98 Å². The van der Waals surface area contributed by atoms with Gasteiger partial charge in [0, 0.05) is 17.1 Å². The number of ether oxygens (including phenoxy) is 2. The molecule has 0 saturated carbocycles. The van der Waals surface area contributed by atoms with Gasteiger partial charge in [0.2, 0.25) is 0 Å². The van der Waals surface area contributed by atoms with Gasteiger partial charge in [-0.1, -0.05) is 36.7 Å². The molecule has 0 spiro atoms. The van der Waals surface area contributed by atoms with Gasteiger partial charge in [0.05, 0.1) is 23.5 Å². The molecule has 1 aliphatic rings. The van der Waals surface area contributed by atoms with Crippen LogP contribution in [0.5, 0.6) is 5.75 Å². The predicted molar refractivity (Wildman–Crippen MR) is 129 cm³/mol. The lowest BCUT2D eigenvalue weighted by molar-refractivity contribution is 0.162. The summed E-state index contributed by atoms with van der Waals surface area (Å²) in [6.07, 6.45) is 7.28. The average molecular weight is 460 g/mol. The highest BCUT2D eigenvalue weighted by Gasteiger charge is 2.30. The average Bonchev–Trinajstić information content (AvgIpc) is 3.25. The molecule has 0 bridgehead atoms. The second-order valence-corrected chi connectivity index (χ2v) is 8.80. The summed E-state index contributed by atoms with van der Waals surface area (Å²) in [5.74, 6) is 3.25. The van der Waals surface area contributed by atoms with Gasteiger partial charge in [-0.15, -0.1) is 0 Å². The summed E-state index contributed by atoms with van der Waals surface area (Å²) in [5, 5.41) is 7.95. The van der Waals surface area contributed by atoms with Crippen molar-refractivity contribution in [2.24, 2.45) is 11.8 Å². The number of hydrogen-bond acceptors (Lipinski definition) is 6. The number of aromatic nitrogens is 2. The molecule has 6 nitrogen and oxygen atoms in total. The molecule has 0 saturated heterocycles. The maximum atomic E-state index is 6.38. The first-order chi connectivity index (χ1) is 15.4. The molecule has 174 valence electrons. The first-order valence-corrected chi connectivity index (χ1v) is 11.8. The summed E-state index contributed by atoms with van der Waals surface area (Å²) in [6.45, 7) is 10.1. The summed E-state index contributed by atoms with van der Waals surface area (Å²) < 4.78 is 17.4. The first-order valence-electron chi connectivity index (χ1n) is 11.4. The van der Waals surface area contributed by atoms with Crippen molar-refractivity contribution in [3.05, 3.63) is 47.0 Å². The van der Waals surface area contributed by atoms with Gasteiger partial charge in [0.15, 0.2) is 5.82 Å². The van der Waals surface area contributed by atoms with E-state index < -0.39 is 0 Å². The maximum Gasteiger partial charge on any atom is 0.258 e. The van der Waals surface area contributed by atoms with E-state index >= 15 is 0 Å². The van der Waals surface area contributed by atoms with Crippen LogP contribution in [0.1, 0.15) is 52.8 Å². The Morgan fingerprint density at radius 1 is 1.22 bits per heavy atom. The van der Waals surface area contributed by atoms with Crippen LogP contribution in [-0.4, -0.2) is 36.4 Å². The molecule has 1 aromatic carbocycles. The van der Waals surface area contributed by atoms with Crippen molar-refractivity contribution in [2.75, 3.05) is 20.2 Å². The van der Waals surface area contributed by atoms with Crippen LogP contribution in [0.2, 0.25) is 5.02 Å². The van der Waals surface area contributed by atoms with Gasteiger partial charge in [0.25, 0.3) is 5.89 Å². The summed E-state index contributed by atoms with van der Waals surface area (Å²) in [7, 11) is 1.97. The summed E-state index contributed by atoms with van der Waals surface area (Å²) in [4.78, 5) is 4.67. The Morgan fingerprint density at radius 3 is 2.72 bits per heavy atom. The van der Waals surface area contributed by atoms with Crippen LogP contribution in [0.25, 0.3) is 17.0 Å². The van der Waals surface area contributed by atoms with E-state index in [2.05, 4.69) is 41.5 Å². The standard InChI is InChI=1S/C25H34ClN3O3/c1-6-19-17(4)22(30-14-8-7-13-27-5)12-10-20(19)24-28-25(32-29-24)18-9-11-23(21(26)15-18)31-16(2)3/h9-12,15-17,19,27H,6-8,13-14H2,1-5H3. The van der Waals surface area contributed by atoms with Crippen LogP contribution in [0, 0.1) is 11.8 Å². The number of nitrogens with one attached hydrogen (secondary N) is 1. The second kappa shape index (κ2) is 11.5. The molecule has 1 aliphatic carbocycles. The van der Waals surface area contributed by atoms with E-state index in [1.54, 1.807) is 6.07 Å². The van der Waals surface area contributed by atoms with Crippen molar-refractivity contribution in [3.63, 3.8) is 0 Å². The first kappa shape index (κ1) is 24.3. The Hall–Kier alpha value is -2.31. The van der Waals surface area contributed by atoms with Gasteiger partial charge in [-0.3, -0.25) is 0 Å². The Balaban J connectivity index is 1.76. The predicted octanol–water partition coefficient (Wildman–Crippen LogP) is 6.14. The lowest BCUT2D eigenvalue weighted by atomic mass is 9.80. The number of hydrogen-bond donors (Lipinski definition) is 1. The van der Waals surface area contributed by atoms with Crippen molar-refractivity contribution in [3.8, 4) is 17.2 Å². The topological polar surface area (TPSA) is 69.4 Å². The van der Waals surface area contributed by atoms with Crippen molar-refractivity contribution in [1.82, 2.24) is 15.5 Å². The minimum Gasteiger partial charge on any atom is -0.498 e. The van der Waals surface area contributed by atoms with Crippen LogP contribution in [0.15, 0.2) is 40.6 Å². The number of unbranched alkanes of at least 4 members (excludes halogenated alkanes) is 1. The number of halogens is 1. The third-order valence-corrected chi connectivity index (χ3v) is 5.93. The van der Waals surface area contributed by atoms with E-state index in [1.807, 2.05) is 33.0 Å². The largest absolute Gasteiger partial charge is 0.498 e. The van der Waals surface area contributed by atoms with Gasteiger partial charge >= 0.3 is 0 Å². The summed E-state index contributed by atoms with van der Waals surface area (Å²) >= 11 is 6.38. The van der Waals surface area contributed by atoms with Crippen LogP contribution in [0.3, 0.4) is 0 Å². The fourth-order valence-corrected chi connectivity index (χ4v) is 4.17. The van der Waals surface area contributed by atoms with Gasteiger partial charge in [0.1, 0.15) is 5.75 Å². The van der Waals surface area contributed by atoms with Gasteiger partial charge in [-0.25, -0.2) is 0 Å². The minimum atomic E-state index is 0.0508. The third kappa shape index (κ3) is 5.93. The van der Waals surface area contributed by atoms with Crippen molar-refractivity contribution >= 4 is 17.2 Å². The highest BCUT2D eigenvalue weighted by atomic mass is 35.5. The summed E-state index contributed by atoms with van der Waals surface area (Å²) in [5.41, 5.74) is 1.84. The van der Waals surface area contributed by atoms with E-state index in [9.17, 15) is 0 Å². The number of benzene rings is 1. The van der Waals surface area contributed by atoms with Crippen LogP contribution >= 0.6 is 11.6 Å². The Kier molecular flexibility index (Phi) is 8.76. The van der Waals surface area contributed by atoms with E-state index in [0.29, 0.717) is 22.5 Å². The van der Waals surface area contributed by atoms with Crippen molar-refractivity contribution in [2.45, 2.75) is 53.1 Å². The molecule has 2 atom stereocenters. The van der Waals surface area contributed by atoms with Crippen molar-refractivity contribution < 1.29 is 14.0 Å². The zero-order valence-corrected chi connectivity index (χ0v) is 20.4. The molecule has 3 rings (SSSR count). The number of rotatable bonds is 11. The quantitative estimate of drug-likeness (QED) is 0.407.